The van der Waals surface area contributed by atoms with Gasteiger partial charge in [0.2, 0.25) is 5.91 Å². The third-order valence-corrected chi connectivity index (χ3v) is 7.17. The molecule has 1 aromatic carbocycles. The van der Waals surface area contributed by atoms with Crippen LogP contribution in [0.25, 0.3) is 10.9 Å². The molecule has 3 aliphatic heterocycles. The third-order valence-electron chi connectivity index (χ3n) is 7.17. The number of rotatable bonds is 5. The lowest BCUT2D eigenvalue weighted by Crippen LogP contribution is -2.41. The molecule has 0 unspecified atom stereocenters. The topological polar surface area (TPSA) is 54.5 Å². The average Bonchev–Trinajstić information content (AvgIpc) is 3.36. The van der Waals surface area contributed by atoms with E-state index in [0.717, 1.165) is 44.5 Å². The lowest BCUT2D eigenvalue weighted by Gasteiger charge is -2.29. The van der Waals surface area contributed by atoms with E-state index in [4.69, 9.17) is 4.74 Å². The summed E-state index contributed by atoms with van der Waals surface area (Å²) >= 11 is 0. The molecule has 0 aliphatic carbocycles. The van der Waals surface area contributed by atoms with Crippen molar-refractivity contribution in [1.29, 1.82) is 0 Å². The number of nitrogens with zero attached hydrogens (tertiary/aromatic N) is 2. The highest BCUT2D eigenvalue weighted by Gasteiger charge is 2.62. The normalized spacial score (nSPS) is 31.4. The summed E-state index contributed by atoms with van der Waals surface area (Å²) in [5.41, 5.74) is 3.68. The van der Waals surface area contributed by atoms with E-state index in [1.807, 2.05) is 19.2 Å². The number of fused-ring (bicyclic) bond motifs is 2. The highest BCUT2D eigenvalue weighted by molar-refractivity contribution is 5.84. The van der Waals surface area contributed by atoms with Crippen molar-refractivity contribution in [2.24, 2.45) is 11.8 Å². The van der Waals surface area contributed by atoms with Gasteiger partial charge in [0.15, 0.2) is 0 Å². The molecule has 1 N–H and O–H groups in total. The van der Waals surface area contributed by atoms with Gasteiger partial charge in [0.05, 0.1) is 17.2 Å². The summed E-state index contributed by atoms with van der Waals surface area (Å²) in [5.74, 6) is 1.12. The van der Waals surface area contributed by atoms with Gasteiger partial charge in [-0.25, -0.2) is 0 Å². The quantitative estimate of drug-likeness (QED) is 0.868. The molecule has 1 spiro atoms. The zero-order valence-corrected chi connectivity index (χ0v) is 16.8. The van der Waals surface area contributed by atoms with E-state index in [2.05, 4.69) is 40.3 Å². The first-order valence-electron chi connectivity index (χ1n) is 10.6. The number of aryl methyl sites for hydroxylation is 1. The van der Waals surface area contributed by atoms with Gasteiger partial charge in [0.1, 0.15) is 0 Å². The van der Waals surface area contributed by atoms with Crippen LogP contribution in [0, 0.1) is 18.8 Å². The maximum atomic E-state index is 11.8. The van der Waals surface area contributed by atoms with Gasteiger partial charge in [0, 0.05) is 56.0 Å². The molecule has 2 bridgehead atoms. The Morgan fingerprint density at radius 2 is 2.29 bits per heavy atom. The van der Waals surface area contributed by atoms with E-state index in [-0.39, 0.29) is 11.5 Å². The number of hydrogen-bond acceptors (Lipinski definition) is 4. The Hall–Kier alpha value is -1.98. The number of likely N-dealkylation sites (tertiary alicyclic amines) is 1. The predicted octanol–water partition coefficient (Wildman–Crippen LogP) is 3.05. The lowest BCUT2D eigenvalue weighted by atomic mass is 9.73. The largest absolute Gasteiger partial charge is 0.370 e. The summed E-state index contributed by atoms with van der Waals surface area (Å²) in [6, 6.07) is 8.65. The third kappa shape index (κ3) is 2.83. The molecule has 3 fully saturated rings. The van der Waals surface area contributed by atoms with Crippen molar-refractivity contribution >= 4 is 16.8 Å². The Balaban J connectivity index is 1.35. The van der Waals surface area contributed by atoms with Crippen molar-refractivity contribution < 1.29 is 9.53 Å². The van der Waals surface area contributed by atoms with Crippen LogP contribution in [0.4, 0.5) is 0 Å². The van der Waals surface area contributed by atoms with Gasteiger partial charge in [-0.05, 0) is 37.0 Å². The van der Waals surface area contributed by atoms with Gasteiger partial charge in [-0.15, -0.1) is 0 Å². The van der Waals surface area contributed by atoms with E-state index in [1.54, 1.807) is 0 Å². The second-order valence-corrected chi connectivity index (χ2v) is 8.80. The molecule has 0 radical (unpaired) electrons. The standard InChI is InChI=1S/C23H29N3O2/c1-3-21(27)25-11-18-19-13-26(14-23(19)9-8-20(18)28-23)12-16-7-6-15(2)22-17(16)5-4-10-24-22/h4-7,10,18-20H,3,8-9,11-14H2,1-2H3,(H,25,27)/t18-,19+,20+,23+/m0/s1. The Morgan fingerprint density at radius 1 is 1.39 bits per heavy atom. The molecular formula is C23H29N3O2. The molecule has 3 saturated heterocycles. The minimum atomic E-state index is 0.00499. The lowest BCUT2D eigenvalue weighted by molar-refractivity contribution is -0.121. The van der Waals surface area contributed by atoms with Gasteiger partial charge in [-0.2, -0.15) is 0 Å². The molecule has 1 aromatic heterocycles. The molecule has 5 nitrogen and oxygen atoms in total. The molecule has 148 valence electrons. The molecule has 1 amide bonds. The zero-order chi connectivity index (χ0) is 19.3. The molecule has 3 aliphatic rings. The van der Waals surface area contributed by atoms with Gasteiger partial charge < -0.3 is 10.1 Å². The number of carbonyl (C=O) groups excluding carboxylic acids is 1. The number of aromatic nitrogens is 1. The summed E-state index contributed by atoms with van der Waals surface area (Å²) in [6.07, 6.45) is 5.05. The number of pyridine rings is 1. The minimum absolute atomic E-state index is 0.00499. The van der Waals surface area contributed by atoms with Crippen LogP contribution in [0.5, 0.6) is 0 Å². The smallest absolute Gasteiger partial charge is 0.219 e. The van der Waals surface area contributed by atoms with E-state index >= 15 is 0 Å². The van der Waals surface area contributed by atoms with Crippen molar-refractivity contribution in [2.75, 3.05) is 19.6 Å². The maximum Gasteiger partial charge on any atom is 0.219 e. The molecular weight excluding hydrogens is 350 g/mol. The van der Waals surface area contributed by atoms with Crippen LogP contribution in [0.3, 0.4) is 0 Å². The van der Waals surface area contributed by atoms with Crippen LogP contribution in [-0.2, 0) is 16.1 Å². The summed E-state index contributed by atoms with van der Waals surface area (Å²) in [6.45, 7) is 7.78. The Morgan fingerprint density at radius 3 is 3.14 bits per heavy atom. The van der Waals surface area contributed by atoms with Gasteiger partial charge in [-0.1, -0.05) is 25.1 Å². The summed E-state index contributed by atoms with van der Waals surface area (Å²) in [7, 11) is 0. The fourth-order valence-corrected chi connectivity index (χ4v) is 5.79. The molecule has 4 atom stereocenters. The van der Waals surface area contributed by atoms with Crippen LogP contribution in [-0.4, -0.2) is 47.1 Å². The van der Waals surface area contributed by atoms with Crippen molar-refractivity contribution in [2.45, 2.75) is 51.4 Å². The van der Waals surface area contributed by atoms with Crippen LogP contribution in [0.2, 0.25) is 0 Å². The van der Waals surface area contributed by atoms with Gasteiger partial charge >= 0.3 is 0 Å². The van der Waals surface area contributed by atoms with E-state index in [9.17, 15) is 4.79 Å². The first-order chi connectivity index (χ1) is 13.6. The molecule has 28 heavy (non-hydrogen) atoms. The Kier molecular flexibility index (Phi) is 4.40. The second kappa shape index (κ2) is 6.82. The number of amides is 1. The van der Waals surface area contributed by atoms with E-state index in [0.29, 0.717) is 24.4 Å². The van der Waals surface area contributed by atoms with Gasteiger partial charge in [-0.3, -0.25) is 14.7 Å². The number of ether oxygens (including phenoxy) is 1. The molecule has 4 heterocycles. The molecule has 2 aromatic rings. The molecule has 5 rings (SSSR count). The van der Waals surface area contributed by atoms with Crippen molar-refractivity contribution in [3.8, 4) is 0 Å². The first-order valence-corrected chi connectivity index (χ1v) is 10.6. The summed E-state index contributed by atoms with van der Waals surface area (Å²) < 4.78 is 6.53. The van der Waals surface area contributed by atoms with E-state index < -0.39 is 0 Å². The van der Waals surface area contributed by atoms with Crippen LogP contribution in [0.15, 0.2) is 30.5 Å². The zero-order valence-electron chi connectivity index (χ0n) is 16.8. The van der Waals surface area contributed by atoms with Crippen LogP contribution < -0.4 is 5.32 Å². The molecule has 5 heteroatoms. The number of nitrogens with one attached hydrogen (secondary N) is 1. The van der Waals surface area contributed by atoms with Crippen molar-refractivity contribution in [3.05, 3.63) is 41.6 Å². The SMILES string of the molecule is CCC(=O)NC[C@H]1[C@H]2CN(Cc3ccc(C)c4ncccc34)C[C@]23CC[C@H]1O3. The monoisotopic (exact) mass is 379 g/mol. The fraction of sp³-hybridized carbons (Fsp3) is 0.565. The summed E-state index contributed by atoms with van der Waals surface area (Å²) in [5, 5.41) is 4.38. The van der Waals surface area contributed by atoms with Gasteiger partial charge in [0.25, 0.3) is 0 Å². The Bertz CT molecular complexity index is 914. The molecule has 0 saturated carbocycles. The number of benzene rings is 1. The van der Waals surface area contributed by atoms with Crippen LogP contribution in [0.1, 0.15) is 37.3 Å². The first kappa shape index (κ1) is 18.1. The Labute approximate surface area is 166 Å². The van der Waals surface area contributed by atoms with Crippen LogP contribution >= 0.6 is 0 Å². The average molecular weight is 380 g/mol. The number of hydrogen-bond donors (Lipinski definition) is 1. The highest BCUT2D eigenvalue weighted by atomic mass is 16.5. The second-order valence-electron chi connectivity index (χ2n) is 8.80. The fourth-order valence-electron chi connectivity index (χ4n) is 5.79. The predicted molar refractivity (Wildman–Crippen MR) is 109 cm³/mol. The number of carbonyl (C=O) groups is 1. The maximum absolute atomic E-state index is 11.8. The highest BCUT2D eigenvalue weighted by Crippen LogP contribution is 2.54. The minimum Gasteiger partial charge on any atom is -0.370 e. The van der Waals surface area contributed by atoms with Crippen molar-refractivity contribution in [3.63, 3.8) is 0 Å². The van der Waals surface area contributed by atoms with E-state index in [1.165, 1.54) is 16.5 Å². The summed E-state index contributed by atoms with van der Waals surface area (Å²) in [4.78, 5) is 18.9. The van der Waals surface area contributed by atoms with Crippen molar-refractivity contribution in [1.82, 2.24) is 15.2 Å².